The summed E-state index contributed by atoms with van der Waals surface area (Å²) in [4.78, 5) is 2.44. The molecule has 1 fully saturated rings. The van der Waals surface area contributed by atoms with Gasteiger partial charge < -0.3 is 5.73 Å². The minimum atomic E-state index is 0.193. The Morgan fingerprint density at radius 2 is 2.10 bits per heavy atom. The van der Waals surface area contributed by atoms with Crippen LogP contribution in [0.1, 0.15) is 64.1 Å². The highest BCUT2D eigenvalue weighted by Gasteiger charge is 2.34. The highest BCUT2D eigenvalue weighted by molar-refractivity contribution is 5.02. The highest BCUT2D eigenvalue weighted by atomic mass is 15.3. The van der Waals surface area contributed by atoms with Crippen molar-refractivity contribution in [2.45, 2.75) is 70.5 Å². The van der Waals surface area contributed by atoms with Gasteiger partial charge in [0.05, 0.1) is 5.69 Å². The number of aromatic nitrogens is 2. The van der Waals surface area contributed by atoms with Gasteiger partial charge in [-0.1, -0.05) is 26.2 Å². The second kappa shape index (κ2) is 6.72. The van der Waals surface area contributed by atoms with Crippen LogP contribution in [0.4, 0.5) is 0 Å². The fraction of sp³-hybridized carbons (Fsp3) is 0.812. The molecule has 1 unspecified atom stereocenters. The van der Waals surface area contributed by atoms with Crippen LogP contribution in [0.3, 0.4) is 0 Å². The molecule has 1 aromatic rings. The molecule has 0 amide bonds. The molecule has 1 heterocycles. The Bertz CT molecular complexity index is 406. The zero-order chi connectivity index (χ0) is 14.6. The van der Waals surface area contributed by atoms with Gasteiger partial charge in [0.2, 0.25) is 0 Å². The number of rotatable bonds is 6. The minimum absolute atomic E-state index is 0.193. The highest BCUT2D eigenvalue weighted by Crippen LogP contribution is 2.32. The van der Waals surface area contributed by atoms with Crippen LogP contribution in [0.25, 0.3) is 0 Å². The standard InChI is InChI=1S/C16H30N4/c1-4-14(2)20-11-8-15(18-20)12-19(3)16(13-17)9-6-5-7-10-16/h8,11,14H,4-7,9-10,12-13,17H2,1-3H3. The smallest absolute Gasteiger partial charge is 0.0764 e. The van der Waals surface area contributed by atoms with E-state index in [0.717, 1.165) is 25.2 Å². The fourth-order valence-corrected chi connectivity index (χ4v) is 3.26. The summed E-state index contributed by atoms with van der Waals surface area (Å²) in [7, 11) is 2.21. The Balaban J connectivity index is 2.02. The largest absolute Gasteiger partial charge is 0.329 e. The van der Waals surface area contributed by atoms with Gasteiger partial charge in [-0.2, -0.15) is 5.10 Å². The lowest BCUT2D eigenvalue weighted by Gasteiger charge is -2.43. The van der Waals surface area contributed by atoms with E-state index in [2.05, 4.69) is 42.7 Å². The van der Waals surface area contributed by atoms with Crippen LogP contribution in [0.2, 0.25) is 0 Å². The molecule has 4 heteroatoms. The molecule has 1 saturated carbocycles. The third-order valence-electron chi connectivity index (χ3n) is 5.08. The van der Waals surface area contributed by atoms with Gasteiger partial charge in [0.15, 0.2) is 0 Å². The second-order valence-corrected chi connectivity index (χ2v) is 6.39. The van der Waals surface area contributed by atoms with Crippen molar-refractivity contribution in [3.8, 4) is 0 Å². The molecule has 0 aromatic carbocycles. The molecule has 1 atom stereocenters. The maximum Gasteiger partial charge on any atom is 0.0764 e. The SMILES string of the molecule is CCC(C)n1ccc(CN(C)C2(CN)CCCCC2)n1. The molecule has 0 aliphatic heterocycles. The van der Waals surface area contributed by atoms with E-state index >= 15 is 0 Å². The first kappa shape index (κ1) is 15.5. The van der Waals surface area contributed by atoms with Crippen LogP contribution in [-0.4, -0.2) is 33.8 Å². The summed E-state index contributed by atoms with van der Waals surface area (Å²) < 4.78 is 2.08. The van der Waals surface area contributed by atoms with Gasteiger partial charge in [-0.15, -0.1) is 0 Å². The van der Waals surface area contributed by atoms with Gasteiger partial charge in [-0.25, -0.2) is 0 Å². The zero-order valence-electron chi connectivity index (χ0n) is 13.3. The molecular formula is C16H30N4. The van der Waals surface area contributed by atoms with Crippen molar-refractivity contribution in [2.75, 3.05) is 13.6 Å². The van der Waals surface area contributed by atoms with Crippen LogP contribution in [-0.2, 0) is 6.54 Å². The van der Waals surface area contributed by atoms with E-state index in [9.17, 15) is 0 Å². The number of nitrogens with zero attached hydrogens (tertiary/aromatic N) is 3. The van der Waals surface area contributed by atoms with Crippen molar-refractivity contribution < 1.29 is 0 Å². The molecule has 1 aromatic heterocycles. The van der Waals surface area contributed by atoms with E-state index in [-0.39, 0.29) is 5.54 Å². The number of nitrogens with two attached hydrogens (primary N) is 1. The van der Waals surface area contributed by atoms with E-state index in [1.165, 1.54) is 32.1 Å². The maximum absolute atomic E-state index is 6.10. The van der Waals surface area contributed by atoms with Crippen molar-refractivity contribution in [1.82, 2.24) is 14.7 Å². The third-order valence-corrected chi connectivity index (χ3v) is 5.08. The van der Waals surface area contributed by atoms with E-state index in [0.29, 0.717) is 6.04 Å². The first-order chi connectivity index (χ1) is 9.61. The van der Waals surface area contributed by atoms with Crippen LogP contribution < -0.4 is 5.73 Å². The summed E-state index contributed by atoms with van der Waals surface area (Å²) in [5.41, 5.74) is 7.45. The van der Waals surface area contributed by atoms with Crippen molar-refractivity contribution in [2.24, 2.45) is 5.73 Å². The molecule has 0 saturated heterocycles. The van der Waals surface area contributed by atoms with E-state index < -0.39 is 0 Å². The summed E-state index contributed by atoms with van der Waals surface area (Å²) in [6.45, 7) is 6.07. The zero-order valence-corrected chi connectivity index (χ0v) is 13.3. The topological polar surface area (TPSA) is 47.1 Å². The van der Waals surface area contributed by atoms with E-state index in [1.807, 2.05) is 0 Å². The summed E-state index contributed by atoms with van der Waals surface area (Å²) in [5.74, 6) is 0. The fourth-order valence-electron chi connectivity index (χ4n) is 3.26. The van der Waals surface area contributed by atoms with Crippen molar-refractivity contribution in [3.63, 3.8) is 0 Å². The molecule has 2 N–H and O–H groups in total. The molecule has 0 spiro atoms. The van der Waals surface area contributed by atoms with Gasteiger partial charge in [0.25, 0.3) is 0 Å². The average Bonchev–Trinajstić information content (AvgIpc) is 2.95. The van der Waals surface area contributed by atoms with Crippen LogP contribution in [0.5, 0.6) is 0 Å². The van der Waals surface area contributed by atoms with Gasteiger partial charge in [0.1, 0.15) is 0 Å². The Hall–Kier alpha value is -0.870. The molecular weight excluding hydrogens is 248 g/mol. The van der Waals surface area contributed by atoms with Crippen molar-refractivity contribution >= 4 is 0 Å². The average molecular weight is 278 g/mol. The number of likely N-dealkylation sites (N-methyl/N-ethyl adjacent to an activating group) is 1. The molecule has 4 nitrogen and oxygen atoms in total. The van der Waals surface area contributed by atoms with Gasteiger partial charge in [-0.05, 0) is 39.3 Å². The Morgan fingerprint density at radius 3 is 2.70 bits per heavy atom. The lowest BCUT2D eigenvalue weighted by atomic mass is 9.80. The van der Waals surface area contributed by atoms with E-state index in [4.69, 9.17) is 10.8 Å². The van der Waals surface area contributed by atoms with Gasteiger partial charge in [-0.3, -0.25) is 9.58 Å². The maximum atomic E-state index is 6.10. The quantitative estimate of drug-likeness (QED) is 0.870. The predicted octanol–water partition coefficient (Wildman–Crippen LogP) is 2.95. The van der Waals surface area contributed by atoms with Crippen LogP contribution >= 0.6 is 0 Å². The van der Waals surface area contributed by atoms with Gasteiger partial charge >= 0.3 is 0 Å². The first-order valence-electron chi connectivity index (χ1n) is 8.06. The summed E-state index contributed by atoms with van der Waals surface area (Å²) in [6.07, 6.45) is 9.65. The molecule has 2 rings (SSSR count). The lowest BCUT2D eigenvalue weighted by molar-refractivity contribution is 0.0745. The van der Waals surface area contributed by atoms with Crippen molar-refractivity contribution in [3.05, 3.63) is 18.0 Å². The predicted molar refractivity (Wildman–Crippen MR) is 83.6 cm³/mol. The number of hydrogen-bond donors (Lipinski definition) is 1. The summed E-state index contributed by atoms with van der Waals surface area (Å²) >= 11 is 0. The molecule has 114 valence electrons. The minimum Gasteiger partial charge on any atom is -0.329 e. The number of hydrogen-bond acceptors (Lipinski definition) is 3. The molecule has 0 bridgehead atoms. The van der Waals surface area contributed by atoms with E-state index in [1.54, 1.807) is 0 Å². The van der Waals surface area contributed by atoms with Crippen LogP contribution in [0.15, 0.2) is 12.3 Å². The van der Waals surface area contributed by atoms with Crippen LogP contribution in [0, 0.1) is 0 Å². The molecule has 0 radical (unpaired) electrons. The molecule has 1 aliphatic carbocycles. The monoisotopic (exact) mass is 278 g/mol. The summed E-state index contributed by atoms with van der Waals surface area (Å²) in [5, 5.41) is 4.72. The Kier molecular flexibility index (Phi) is 5.22. The first-order valence-corrected chi connectivity index (χ1v) is 8.06. The Morgan fingerprint density at radius 1 is 1.40 bits per heavy atom. The lowest BCUT2D eigenvalue weighted by Crippen LogP contribution is -2.52. The summed E-state index contributed by atoms with van der Waals surface area (Å²) in [6, 6.07) is 2.63. The Labute approximate surface area is 123 Å². The van der Waals surface area contributed by atoms with Crippen molar-refractivity contribution in [1.29, 1.82) is 0 Å². The normalized spacial score (nSPS) is 20.2. The molecule has 20 heavy (non-hydrogen) atoms. The third kappa shape index (κ3) is 3.23. The molecule has 1 aliphatic rings. The second-order valence-electron chi connectivity index (χ2n) is 6.39. The van der Waals surface area contributed by atoms with Gasteiger partial charge in [0, 0.05) is 30.9 Å².